The van der Waals surface area contributed by atoms with Crippen LogP contribution in [0, 0.1) is 5.92 Å². The lowest BCUT2D eigenvalue weighted by molar-refractivity contribution is -0.245. The summed E-state index contributed by atoms with van der Waals surface area (Å²) in [6.07, 6.45) is 6.28. The minimum Gasteiger partial charge on any atom is -0.334 e. The molecule has 0 radical (unpaired) electrons. The van der Waals surface area contributed by atoms with Gasteiger partial charge in [-0.25, -0.2) is 0 Å². The first kappa shape index (κ1) is 11.0. The molecule has 1 aliphatic carbocycles. The molecule has 1 heterocycles. The van der Waals surface area contributed by atoms with Crippen LogP contribution in [0.4, 0.5) is 0 Å². The Labute approximate surface area is 91.1 Å². The lowest BCUT2D eigenvalue weighted by Gasteiger charge is -2.34. The molecule has 0 N–H and O–H groups in total. The van der Waals surface area contributed by atoms with Crippen LogP contribution in [0.3, 0.4) is 0 Å². The normalized spacial score (nSPS) is 42.3. The third-order valence-electron chi connectivity index (χ3n) is 3.57. The highest BCUT2D eigenvalue weighted by Crippen LogP contribution is 2.42. The monoisotopic (exact) mass is 212 g/mol. The van der Waals surface area contributed by atoms with Crippen molar-refractivity contribution in [3.63, 3.8) is 0 Å². The third-order valence-corrected chi connectivity index (χ3v) is 3.57. The number of rotatable bonds is 2. The second kappa shape index (κ2) is 3.83. The Morgan fingerprint density at radius 2 is 1.80 bits per heavy atom. The van der Waals surface area contributed by atoms with Crippen LogP contribution in [0.1, 0.15) is 46.0 Å². The van der Waals surface area contributed by atoms with Crippen LogP contribution in [0.15, 0.2) is 10.2 Å². The van der Waals surface area contributed by atoms with Crippen LogP contribution in [0.2, 0.25) is 0 Å². The number of methoxy groups -OCH3 is 1. The van der Waals surface area contributed by atoms with Gasteiger partial charge in [-0.3, -0.25) is 0 Å². The summed E-state index contributed by atoms with van der Waals surface area (Å²) in [5.74, 6) is -0.376. The molecular formula is C11H20N2O2. The fourth-order valence-corrected chi connectivity index (χ4v) is 2.50. The first-order valence-electron chi connectivity index (χ1n) is 5.77. The van der Waals surface area contributed by atoms with Crippen molar-refractivity contribution in [1.29, 1.82) is 0 Å². The zero-order valence-corrected chi connectivity index (χ0v) is 9.82. The number of azo groups is 1. The van der Waals surface area contributed by atoms with Gasteiger partial charge in [0, 0.05) is 20.0 Å². The number of hydrogen-bond donors (Lipinski definition) is 0. The van der Waals surface area contributed by atoms with Crippen molar-refractivity contribution >= 4 is 0 Å². The second-order valence-corrected chi connectivity index (χ2v) is 4.79. The van der Waals surface area contributed by atoms with E-state index in [0.29, 0.717) is 5.92 Å². The molecular weight excluding hydrogens is 192 g/mol. The highest BCUT2D eigenvalue weighted by Gasteiger charge is 2.47. The Morgan fingerprint density at radius 3 is 2.33 bits per heavy atom. The van der Waals surface area contributed by atoms with Gasteiger partial charge >= 0.3 is 0 Å². The van der Waals surface area contributed by atoms with E-state index in [0.717, 1.165) is 0 Å². The lowest BCUT2D eigenvalue weighted by Crippen LogP contribution is -2.40. The van der Waals surface area contributed by atoms with Crippen molar-refractivity contribution in [2.45, 2.75) is 57.6 Å². The van der Waals surface area contributed by atoms with Crippen molar-refractivity contribution in [2.24, 2.45) is 16.1 Å². The fourth-order valence-electron chi connectivity index (χ4n) is 2.50. The predicted octanol–water partition coefficient (Wildman–Crippen LogP) is 3.09. The summed E-state index contributed by atoms with van der Waals surface area (Å²) in [6.45, 7) is 3.83. The smallest absolute Gasteiger partial charge is 0.286 e. The Kier molecular flexibility index (Phi) is 2.81. The second-order valence-electron chi connectivity index (χ2n) is 4.79. The zero-order valence-electron chi connectivity index (χ0n) is 9.82. The summed E-state index contributed by atoms with van der Waals surface area (Å²) in [4.78, 5) is 0. The summed E-state index contributed by atoms with van der Waals surface area (Å²) >= 11 is 0. The van der Waals surface area contributed by atoms with E-state index in [1.165, 1.54) is 32.1 Å². The van der Waals surface area contributed by atoms with Gasteiger partial charge in [0.2, 0.25) is 0 Å². The standard InChI is InChI=1S/C11H20N2O2/c1-10(9-7-5-4-6-8-9)12-13-11(2,14-3)15-10/h9H,4-8H2,1-3H3. The molecule has 0 aromatic heterocycles. The van der Waals surface area contributed by atoms with E-state index >= 15 is 0 Å². The molecule has 0 saturated heterocycles. The van der Waals surface area contributed by atoms with Gasteiger partial charge in [0.1, 0.15) is 0 Å². The van der Waals surface area contributed by atoms with Crippen LogP contribution >= 0.6 is 0 Å². The summed E-state index contributed by atoms with van der Waals surface area (Å²) in [7, 11) is 1.60. The highest BCUT2D eigenvalue weighted by atomic mass is 16.7. The quantitative estimate of drug-likeness (QED) is 0.706. The van der Waals surface area contributed by atoms with Crippen LogP contribution in [-0.2, 0) is 9.47 Å². The molecule has 0 bridgehead atoms. The maximum absolute atomic E-state index is 5.87. The molecule has 1 aliphatic heterocycles. The summed E-state index contributed by atoms with van der Waals surface area (Å²) in [5, 5.41) is 8.39. The number of nitrogens with zero attached hydrogens (tertiary/aromatic N) is 2. The van der Waals surface area contributed by atoms with E-state index in [2.05, 4.69) is 10.2 Å². The predicted molar refractivity (Wildman–Crippen MR) is 56.3 cm³/mol. The fraction of sp³-hybridized carbons (Fsp3) is 1.00. The highest BCUT2D eigenvalue weighted by molar-refractivity contribution is 4.88. The summed E-state index contributed by atoms with van der Waals surface area (Å²) in [5.41, 5.74) is -0.467. The van der Waals surface area contributed by atoms with E-state index in [1.807, 2.05) is 13.8 Å². The van der Waals surface area contributed by atoms with E-state index < -0.39 is 11.6 Å². The van der Waals surface area contributed by atoms with Crippen LogP contribution in [0.25, 0.3) is 0 Å². The SMILES string of the molecule is COC1(C)N=NC(C)(C2CCCCC2)O1. The molecule has 4 heteroatoms. The van der Waals surface area contributed by atoms with E-state index in [-0.39, 0.29) is 0 Å². The molecule has 2 atom stereocenters. The van der Waals surface area contributed by atoms with Gasteiger partial charge in [0.05, 0.1) is 0 Å². The van der Waals surface area contributed by atoms with E-state index in [9.17, 15) is 0 Å². The zero-order chi connectivity index (χ0) is 10.9. The van der Waals surface area contributed by atoms with E-state index in [1.54, 1.807) is 7.11 Å². The van der Waals surface area contributed by atoms with Crippen molar-refractivity contribution in [2.75, 3.05) is 7.11 Å². The minimum absolute atomic E-state index is 0.467. The first-order valence-corrected chi connectivity index (χ1v) is 5.77. The average molecular weight is 212 g/mol. The topological polar surface area (TPSA) is 43.2 Å². The first-order chi connectivity index (χ1) is 7.08. The third kappa shape index (κ3) is 2.06. The Bertz CT molecular complexity index is 263. The van der Waals surface area contributed by atoms with Gasteiger partial charge in [0.25, 0.3) is 5.91 Å². The number of ether oxygens (including phenoxy) is 2. The van der Waals surface area contributed by atoms with Gasteiger partial charge in [-0.15, -0.1) is 5.11 Å². The molecule has 1 saturated carbocycles. The van der Waals surface area contributed by atoms with Crippen molar-refractivity contribution in [3.05, 3.63) is 0 Å². The minimum atomic E-state index is -0.869. The van der Waals surface area contributed by atoms with Crippen LogP contribution in [-0.4, -0.2) is 18.7 Å². The Morgan fingerprint density at radius 1 is 1.13 bits per heavy atom. The van der Waals surface area contributed by atoms with Crippen molar-refractivity contribution in [3.8, 4) is 0 Å². The van der Waals surface area contributed by atoms with Crippen molar-refractivity contribution < 1.29 is 9.47 Å². The molecule has 15 heavy (non-hydrogen) atoms. The molecule has 0 aromatic carbocycles. The van der Waals surface area contributed by atoms with Crippen LogP contribution in [0.5, 0.6) is 0 Å². The summed E-state index contributed by atoms with van der Waals surface area (Å²) in [6, 6.07) is 0. The molecule has 4 nitrogen and oxygen atoms in total. The lowest BCUT2D eigenvalue weighted by atomic mass is 9.82. The molecule has 2 rings (SSSR count). The van der Waals surface area contributed by atoms with Gasteiger partial charge in [-0.05, 0) is 19.8 Å². The Balaban J connectivity index is 2.06. The van der Waals surface area contributed by atoms with Crippen molar-refractivity contribution in [1.82, 2.24) is 0 Å². The van der Waals surface area contributed by atoms with Gasteiger partial charge in [-0.1, -0.05) is 19.3 Å². The molecule has 1 fully saturated rings. The molecule has 2 aliphatic rings. The number of hydrogen-bond acceptors (Lipinski definition) is 4. The molecule has 0 aromatic rings. The van der Waals surface area contributed by atoms with Crippen LogP contribution < -0.4 is 0 Å². The largest absolute Gasteiger partial charge is 0.334 e. The summed E-state index contributed by atoms with van der Waals surface area (Å²) < 4.78 is 11.1. The van der Waals surface area contributed by atoms with Gasteiger partial charge in [-0.2, -0.15) is 5.11 Å². The molecule has 86 valence electrons. The van der Waals surface area contributed by atoms with Gasteiger partial charge in [0.15, 0.2) is 5.72 Å². The average Bonchev–Trinajstić information content (AvgIpc) is 2.59. The maximum atomic E-state index is 5.87. The Hall–Kier alpha value is -0.480. The molecule has 0 amide bonds. The van der Waals surface area contributed by atoms with E-state index in [4.69, 9.17) is 9.47 Å². The maximum Gasteiger partial charge on any atom is 0.286 e. The molecule has 0 spiro atoms. The molecule has 2 unspecified atom stereocenters. The van der Waals surface area contributed by atoms with Gasteiger partial charge < -0.3 is 9.47 Å².